The van der Waals surface area contributed by atoms with Gasteiger partial charge in [-0.2, -0.15) is 0 Å². The zero-order chi connectivity index (χ0) is 31.2. The number of phenols is 2. The zero-order valence-electron chi connectivity index (χ0n) is 27.8. The van der Waals surface area contributed by atoms with E-state index in [-0.39, 0.29) is 35.4 Å². The molecule has 2 rings (SSSR count). The summed E-state index contributed by atoms with van der Waals surface area (Å²) in [4.78, 5) is 0. The van der Waals surface area contributed by atoms with Crippen molar-refractivity contribution in [2.24, 2.45) is 11.3 Å². The lowest BCUT2D eigenvalue weighted by Gasteiger charge is -2.33. The number of aliphatic hydroxyl groups excluding tert-OH is 2. The molecule has 0 heterocycles. The fraction of sp³-hybridized carbons (Fsp3) is 0.676. The first-order chi connectivity index (χ1) is 19.0. The second-order valence-corrected chi connectivity index (χ2v) is 14.9. The highest BCUT2D eigenvalue weighted by Crippen LogP contribution is 2.48. The van der Waals surface area contributed by atoms with E-state index in [9.17, 15) is 20.4 Å². The van der Waals surface area contributed by atoms with E-state index in [1.165, 1.54) is 0 Å². The average Bonchev–Trinajstić information content (AvgIpc) is 2.89. The molecule has 2 aromatic rings. The highest BCUT2D eigenvalue weighted by molar-refractivity contribution is 5.56. The van der Waals surface area contributed by atoms with Crippen molar-refractivity contribution in [2.75, 3.05) is 13.2 Å². The molecule has 0 saturated heterocycles. The van der Waals surface area contributed by atoms with Crippen LogP contribution in [0.3, 0.4) is 0 Å². The Morgan fingerprint density at radius 3 is 1.37 bits per heavy atom. The SMILES string of the molecule is CCC(C)(C)c1cc(CCCO)cc(C(CC(C)CC(C)(C)C)c2cc(CCCO)cc(C(C)(C)CC)c2O)c1O. The van der Waals surface area contributed by atoms with E-state index >= 15 is 0 Å². The molecule has 1 atom stereocenters. The molecule has 0 saturated carbocycles. The molecule has 232 valence electrons. The first kappa shape index (κ1) is 35.2. The van der Waals surface area contributed by atoms with Crippen LogP contribution >= 0.6 is 0 Å². The molecule has 1 unspecified atom stereocenters. The molecule has 0 radical (unpaired) electrons. The van der Waals surface area contributed by atoms with Crippen molar-refractivity contribution in [1.29, 1.82) is 0 Å². The fourth-order valence-corrected chi connectivity index (χ4v) is 6.19. The van der Waals surface area contributed by atoms with Crippen molar-refractivity contribution in [3.8, 4) is 11.5 Å². The standard InChI is InChI=1S/C37H60O4/c1-11-36(7,8)31-22-26(15-13-17-38)20-29(33(31)40)28(19-25(3)24-35(4,5)6)30-21-27(16-14-18-39)23-32(34(30)41)37(9,10)12-2/h20-23,25,28,38-41H,11-19,24H2,1-10H3. The third-order valence-corrected chi connectivity index (χ3v) is 9.22. The van der Waals surface area contributed by atoms with Crippen molar-refractivity contribution in [3.05, 3.63) is 57.6 Å². The number of phenolic OH excluding ortho intramolecular Hbond substituents is 2. The van der Waals surface area contributed by atoms with Gasteiger partial charge in [-0.15, -0.1) is 0 Å². The van der Waals surface area contributed by atoms with Crippen LogP contribution in [0.2, 0.25) is 0 Å². The van der Waals surface area contributed by atoms with E-state index in [0.717, 1.165) is 71.9 Å². The predicted molar refractivity (Wildman–Crippen MR) is 173 cm³/mol. The first-order valence-electron chi connectivity index (χ1n) is 16.0. The highest BCUT2D eigenvalue weighted by atomic mass is 16.3. The molecule has 41 heavy (non-hydrogen) atoms. The lowest BCUT2D eigenvalue weighted by molar-refractivity contribution is 0.287. The summed E-state index contributed by atoms with van der Waals surface area (Å²) < 4.78 is 0. The Kier molecular flexibility index (Phi) is 12.4. The number of benzene rings is 2. The third kappa shape index (κ3) is 9.22. The van der Waals surface area contributed by atoms with Gasteiger partial charge in [-0.3, -0.25) is 0 Å². The van der Waals surface area contributed by atoms with Crippen LogP contribution in [-0.4, -0.2) is 33.6 Å². The minimum atomic E-state index is -0.226. The molecule has 0 spiro atoms. The van der Waals surface area contributed by atoms with Gasteiger partial charge in [0.1, 0.15) is 11.5 Å². The van der Waals surface area contributed by atoms with Gasteiger partial charge in [-0.25, -0.2) is 0 Å². The maximum absolute atomic E-state index is 12.0. The quantitative estimate of drug-likeness (QED) is 0.173. The van der Waals surface area contributed by atoms with Crippen LogP contribution < -0.4 is 0 Å². The van der Waals surface area contributed by atoms with Gasteiger partial charge in [0.25, 0.3) is 0 Å². The van der Waals surface area contributed by atoms with Gasteiger partial charge in [0, 0.05) is 41.4 Å². The summed E-state index contributed by atoms with van der Waals surface area (Å²) in [5.74, 6) is 0.808. The summed E-state index contributed by atoms with van der Waals surface area (Å²) in [6, 6.07) is 8.49. The Morgan fingerprint density at radius 2 is 1.05 bits per heavy atom. The molecule has 0 fully saturated rings. The maximum Gasteiger partial charge on any atom is 0.123 e. The Labute approximate surface area is 251 Å². The van der Waals surface area contributed by atoms with Crippen LogP contribution in [-0.2, 0) is 23.7 Å². The van der Waals surface area contributed by atoms with Gasteiger partial charge >= 0.3 is 0 Å². The van der Waals surface area contributed by atoms with E-state index in [0.29, 0.717) is 30.3 Å². The molecule has 0 aromatic heterocycles. The van der Waals surface area contributed by atoms with Gasteiger partial charge in [-0.1, -0.05) is 93.5 Å². The molecule has 2 aromatic carbocycles. The van der Waals surface area contributed by atoms with E-state index < -0.39 is 0 Å². The lowest BCUT2D eigenvalue weighted by atomic mass is 9.72. The molecular formula is C37H60O4. The summed E-state index contributed by atoms with van der Waals surface area (Å²) >= 11 is 0. The van der Waals surface area contributed by atoms with Crippen LogP contribution in [0.25, 0.3) is 0 Å². The number of aromatic hydroxyl groups is 2. The minimum Gasteiger partial charge on any atom is -0.507 e. The minimum absolute atomic E-state index is 0.123. The lowest BCUT2D eigenvalue weighted by Crippen LogP contribution is -2.20. The van der Waals surface area contributed by atoms with Gasteiger partial charge in [0.15, 0.2) is 0 Å². The Hall–Kier alpha value is -2.04. The summed E-state index contributed by atoms with van der Waals surface area (Å²) in [6.07, 6.45) is 6.38. The van der Waals surface area contributed by atoms with Gasteiger partial charge < -0.3 is 20.4 Å². The maximum atomic E-state index is 12.0. The predicted octanol–water partition coefficient (Wildman–Crippen LogP) is 8.92. The first-order valence-corrected chi connectivity index (χ1v) is 16.0. The zero-order valence-corrected chi connectivity index (χ0v) is 27.8. The number of hydrogen-bond acceptors (Lipinski definition) is 4. The van der Waals surface area contributed by atoms with Crippen molar-refractivity contribution in [1.82, 2.24) is 0 Å². The van der Waals surface area contributed by atoms with Gasteiger partial charge in [-0.05, 0) is 84.7 Å². The van der Waals surface area contributed by atoms with Crippen LogP contribution in [0.5, 0.6) is 11.5 Å². The van der Waals surface area contributed by atoms with Gasteiger partial charge in [0.05, 0.1) is 0 Å². The van der Waals surface area contributed by atoms with E-state index in [1.54, 1.807) is 0 Å². The summed E-state index contributed by atoms with van der Waals surface area (Å²) in [6.45, 7) is 22.3. The van der Waals surface area contributed by atoms with E-state index in [2.05, 4.69) is 93.5 Å². The average molecular weight is 569 g/mol. The molecular weight excluding hydrogens is 508 g/mol. The fourth-order valence-electron chi connectivity index (χ4n) is 6.19. The number of hydrogen-bond donors (Lipinski definition) is 4. The third-order valence-electron chi connectivity index (χ3n) is 9.22. The Morgan fingerprint density at radius 1 is 0.659 bits per heavy atom. The molecule has 0 amide bonds. The smallest absolute Gasteiger partial charge is 0.123 e. The molecule has 4 nitrogen and oxygen atoms in total. The van der Waals surface area contributed by atoms with Crippen LogP contribution in [0.15, 0.2) is 24.3 Å². The van der Waals surface area contributed by atoms with Crippen LogP contribution in [0.4, 0.5) is 0 Å². The van der Waals surface area contributed by atoms with Crippen molar-refractivity contribution in [2.45, 2.75) is 137 Å². The second kappa shape index (κ2) is 14.4. The molecule has 0 bridgehead atoms. The number of rotatable bonds is 15. The van der Waals surface area contributed by atoms with Crippen molar-refractivity contribution in [3.63, 3.8) is 0 Å². The molecule has 4 heteroatoms. The van der Waals surface area contributed by atoms with Gasteiger partial charge in [0.2, 0.25) is 0 Å². The summed E-state index contributed by atoms with van der Waals surface area (Å²) in [5.41, 5.74) is 5.54. The number of aryl methyl sites for hydroxylation is 2. The summed E-state index contributed by atoms with van der Waals surface area (Å²) in [7, 11) is 0. The largest absolute Gasteiger partial charge is 0.507 e. The Balaban J connectivity index is 2.95. The van der Waals surface area contributed by atoms with E-state index in [4.69, 9.17) is 0 Å². The van der Waals surface area contributed by atoms with Crippen molar-refractivity contribution < 1.29 is 20.4 Å². The number of aliphatic hydroxyl groups is 2. The molecule has 4 N–H and O–H groups in total. The van der Waals surface area contributed by atoms with E-state index in [1.807, 2.05) is 0 Å². The monoisotopic (exact) mass is 568 g/mol. The summed E-state index contributed by atoms with van der Waals surface area (Å²) in [5, 5.41) is 43.2. The Bertz CT molecular complexity index is 1050. The normalized spacial score (nSPS) is 13.7. The second-order valence-electron chi connectivity index (χ2n) is 14.9. The molecule has 0 aliphatic rings. The van der Waals surface area contributed by atoms with Crippen LogP contribution in [0.1, 0.15) is 147 Å². The molecule has 0 aliphatic carbocycles. The van der Waals surface area contributed by atoms with Crippen LogP contribution in [0, 0.1) is 11.3 Å². The highest BCUT2D eigenvalue weighted by Gasteiger charge is 2.33. The van der Waals surface area contributed by atoms with Crippen molar-refractivity contribution >= 4 is 0 Å². The molecule has 0 aliphatic heterocycles. The topological polar surface area (TPSA) is 80.9 Å².